The Balaban J connectivity index is 1.52. The van der Waals surface area contributed by atoms with Crippen LogP contribution >= 0.6 is 11.3 Å². The number of hydrogen-bond donors (Lipinski definition) is 1. The molecule has 0 saturated carbocycles. The zero-order valence-electron chi connectivity index (χ0n) is 13.7. The van der Waals surface area contributed by atoms with E-state index in [1.54, 1.807) is 29.9 Å². The van der Waals surface area contributed by atoms with E-state index in [1.165, 1.54) is 21.9 Å². The number of pyridine rings is 1. The van der Waals surface area contributed by atoms with Gasteiger partial charge in [-0.3, -0.25) is 14.0 Å². The quantitative estimate of drug-likeness (QED) is 0.737. The van der Waals surface area contributed by atoms with Crippen LogP contribution in [0.15, 0.2) is 47.0 Å². The zero-order valence-corrected chi connectivity index (χ0v) is 14.5. The fourth-order valence-electron chi connectivity index (χ4n) is 2.79. The Kier molecular flexibility index (Phi) is 4.63. The number of thiazole rings is 1. The van der Waals surface area contributed by atoms with Crippen molar-refractivity contribution in [3.63, 3.8) is 0 Å². The Labute approximate surface area is 152 Å². The summed E-state index contributed by atoms with van der Waals surface area (Å²) >= 11 is 1.33. The van der Waals surface area contributed by atoms with Gasteiger partial charge in [0.25, 0.3) is 11.5 Å². The molecule has 134 valence electrons. The molecule has 4 rings (SSSR count). The molecule has 1 fully saturated rings. The van der Waals surface area contributed by atoms with Gasteiger partial charge in [-0.2, -0.15) is 0 Å². The van der Waals surface area contributed by atoms with Gasteiger partial charge in [-0.05, 0) is 6.07 Å². The molecule has 26 heavy (non-hydrogen) atoms. The van der Waals surface area contributed by atoms with Crippen molar-refractivity contribution in [3.05, 3.63) is 58.1 Å². The molecule has 1 saturated heterocycles. The molecule has 0 aromatic carbocycles. The number of hydrogen-bond acceptors (Lipinski definition) is 7. The summed E-state index contributed by atoms with van der Waals surface area (Å²) in [6.45, 7) is 0.841. The summed E-state index contributed by atoms with van der Waals surface area (Å²) in [4.78, 5) is 33.9. The third-order valence-corrected chi connectivity index (χ3v) is 4.88. The van der Waals surface area contributed by atoms with Crippen molar-refractivity contribution in [2.24, 2.45) is 0 Å². The second-order valence-corrected chi connectivity index (χ2v) is 6.67. The molecule has 2 atom stereocenters. The highest BCUT2D eigenvalue weighted by Gasteiger charge is 2.30. The summed E-state index contributed by atoms with van der Waals surface area (Å²) in [5.41, 5.74) is -0.407. The standard InChI is InChI=1S/C17H16N4O4S/c22-15(11-9-19-17-21(16(11)23)6-8-26-17)20-12-10-24-7-4-13(12)25-14-3-1-2-5-18-14/h1-3,5-6,8-9,12-13H,4,7,10H2,(H,20,22)/t12-,13-/m1/s1. The molecule has 8 nitrogen and oxygen atoms in total. The van der Waals surface area contributed by atoms with Crippen molar-refractivity contribution >= 4 is 22.2 Å². The van der Waals surface area contributed by atoms with Crippen molar-refractivity contribution in [2.45, 2.75) is 18.6 Å². The van der Waals surface area contributed by atoms with Crippen molar-refractivity contribution < 1.29 is 14.3 Å². The lowest BCUT2D eigenvalue weighted by atomic mass is 10.1. The lowest BCUT2D eigenvalue weighted by Crippen LogP contribution is -2.52. The first kappa shape index (κ1) is 16.7. The van der Waals surface area contributed by atoms with E-state index >= 15 is 0 Å². The largest absolute Gasteiger partial charge is 0.472 e. The first-order valence-corrected chi connectivity index (χ1v) is 9.01. The minimum atomic E-state index is -0.492. The smallest absolute Gasteiger partial charge is 0.271 e. The molecule has 3 aromatic heterocycles. The third kappa shape index (κ3) is 3.31. The van der Waals surface area contributed by atoms with Crippen LogP contribution < -0.4 is 15.6 Å². The van der Waals surface area contributed by atoms with Crippen molar-refractivity contribution in [3.8, 4) is 5.88 Å². The van der Waals surface area contributed by atoms with Crippen LogP contribution in [0.1, 0.15) is 16.8 Å². The van der Waals surface area contributed by atoms with Crippen LogP contribution in [0.5, 0.6) is 5.88 Å². The topological polar surface area (TPSA) is 94.8 Å². The highest BCUT2D eigenvalue weighted by atomic mass is 32.1. The molecule has 4 heterocycles. The molecule has 1 aliphatic heterocycles. The van der Waals surface area contributed by atoms with Gasteiger partial charge in [0.15, 0.2) is 4.96 Å². The van der Waals surface area contributed by atoms with Gasteiger partial charge in [0, 0.05) is 36.5 Å². The Morgan fingerprint density at radius 3 is 3.15 bits per heavy atom. The fraction of sp³-hybridized carbons (Fsp3) is 0.294. The second-order valence-electron chi connectivity index (χ2n) is 5.80. The maximum Gasteiger partial charge on any atom is 0.271 e. The van der Waals surface area contributed by atoms with Crippen LogP contribution in [0.3, 0.4) is 0 Å². The Morgan fingerprint density at radius 1 is 1.38 bits per heavy atom. The molecular formula is C17H16N4O4S. The van der Waals surface area contributed by atoms with E-state index in [-0.39, 0.29) is 17.7 Å². The van der Waals surface area contributed by atoms with Gasteiger partial charge in [-0.1, -0.05) is 6.07 Å². The Hall–Kier alpha value is -2.78. The van der Waals surface area contributed by atoms with E-state index in [4.69, 9.17) is 9.47 Å². The molecule has 0 unspecified atom stereocenters. The minimum absolute atomic E-state index is 0.0111. The summed E-state index contributed by atoms with van der Waals surface area (Å²) in [6.07, 6.45) is 4.88. The lowest BCUT2D eigenvalue weighted by molar-refractivity contribution is -0.00451. The van der Waals surface area contributed by atoms with Crippen LogP contribution in [0.4, 0.5) is 0 Å². The number of carbonyl (C=O) groups is 1. The fourth-order valence-corrected chi connectivity index (χ4v) is 3.47. The van der Waals surface area contributed by atoms with Gasteiger partial charge in [-0.15, -0.1) is 11.3 Å². The monoisotopic (exact) mass is 372 g/mol. The second kappa shape index (κ2) is 7.22. The van der Waals surface area contributed by atoms with Gasteiger partial charge in [0.1, 0.15) is 11.7 Å². The number of nitrogens with one attached hydrogen (secondary N) is 1. The summed E-state index contributed by atoms with van der Waals surface area (Å²) in [7, 11) is 0. The molecule has 0 radical (unpaired) electrons. The number of fused-ring (bicyclic) bond motifs is 1. The van der Waals surface area contributed by atoms with Crippen LogP contribution in [0.2, 0.25) is 0 Å². The number of carbonyl (C=O) groups excluding carboxylic acids is 1. The average molecular weight is 372 g/mol. The molecule has 1 N–H and O–H groups in total. The number of rotatable bonds is 4. The summed E-state index contributed by atoms with van der Waals surface area (Å²) < 4.78 is 12.7. The minimum Gasteiger partial charge on any atom is -0.472 e. The third-order valence-electron chi connectivity index (χ3n) is 4.11. The predicted octanol–water partition coefficient (Wildman–Crippen LogP) is 1.12. The normalized spacial score (nSPS) is 20.0. The maximum atomic E-state index is 12.6. The number of ether oxygens (including phenoxy) is 2. The average Bonchev–Trinajstić information content (AvgIpc) is 3.14. The van der Waals surface area contributed by atoms with E-state index in [0.717, 1.165) is 0 Å². The number of nitrogens with zero attached hydrogens (tertiary/aromatic N) is 3. The van der Waals surface area contributed by atoms with Gasteiger partial charge < -0.3 is 14.8 Å². The summed E-state index contributed by atoms with van der Waals surface area (Å²) in [5, 5.41) is 4.58. The predicted molar refractivity (Wildman–Crippen MR) is 94.7 cm³/mol. The van der Waals surface area contributed by atoms with Crippen LogP contribution in [0.25, 0.3) is 4.96 Å². The molecule has 1 amide bonds. The van der Waals surface area contributed by atoms with Crippen LogP contribution in [-0.2, 0) is 4.74 Å². The van der Waals surface area contributed by atoms with Crippen molar-refractivity contribution in [1.29, 1.82) is 0 Å². The molecule has 0 bridgehead atoms. The summed E-state index contributed by atoms with van der Waals surface area (Å²) in [5.74, 6) is -0.00620. The van der Waals surface area contributed by atoms with Crippen LogP contribution in [0, 0.1) is 0 Å². The van der Waals surface area contributed by atoms with Gasteiger partial charge in [0.2, 0.25) is 5.88 Å². The van der Waals surface area contributed by atoms with E-state index in [9.17, 15) is 9.59 Å². The lowest BCUT2D eigenvalue weighted by Gasteiger charge is -2.31. The molecular weight excluding hydrogens is 356 g/mol. The molecule has 0 spiro atoms. The van der Waals surface area contributed by atoms with Gasteiger partial charge in [0.05, 0.1) is 19.3 Å². The van der Waals surface area contributed by atoms with E-state index < -0.39 is 11.5 Å². The van der Waals surface area contributed by atoms with Gasteiger partial charge in [-0.25, -0.2) is 9.97 Å². The number of amides is 1. The SMILES string of the molecule is O=C(N[C@@H]1COCC[C@H]1Oc1ccccn1)c1cnc2sccn2c1=O. The maximum absolute atomic E-state index is 12.6. The van der Waals surface area contributed by atoms with E-state index in [1.807, 2.05) is 6.07 Å². The van der Waals surface area contributed by atoms with Crippen LogP contribution in [-0.4, -0.2) is 45.6 Å². The summed E-state index contributed by atoms with van der Waals surface area (Å²) in [6, 6.07) is 5.00. The van der Waals surface area contributed by atoms with Crippen molar-refractivity contribution in [2.75, 3.05) is 13.2 Å². The van der Waals surface area contributed by atoms with E-state index in [2.05, 4.69) is 15.3 Å². The molecule has 1 aliphatic rings. The Bertz CT molecular complexity index is 972. The highest BCUT2D eigenvalue weighted by molar-refractivity contribution is 7.15. The molecule has 3 aromatic rings. The van der Waals surface area contributed by atoms with Crippen molar-refractivity contribution in [1.82, 2.24) is 19.7 Å². The molecule has 0 aliphatic carbocycles. The first-order chi connectivity index (χ1) is 12.7. The van der Waals surface area contributed by atoms with E-state index in [0.29, 0.717) is 30.5 Å². The molecule has 9 heteroatoms. The number of aromatic nitrogens is 3. The first-order valence-electron chi connectivity index (χ1n) is 8.13. The zero-order chi connectivity index (χ0) is 17.9. The van der Waals surface area contributed by atoms with Gasteiger partial charge >= 0.3 is 0 Å². The highest BCUT2D eigenvalue weighted by Crippen LogP contribution is 2.16. The Morgan fingerprint density at radius 2 is 2.31 bits per heavy atom.